The summed E-state index contributed by atoms with van der Waals surface area (Å²) in [6.45, 7) is 1.61. The third-order valence-electron chi connectivity index (χ3n) is 2.47. The average molecular weight is 311 g/mol. The van der Waals surface area contributed by atoms with Crippen LogP contribution in [0, 0.1) is 6.92 Å². The molecule has 0 saturated carbocycles. The Bertz CT molecular complexity index is 652. The van der Waals surface area contributed by atoms with Gasteiger partial charge in [0.15, 0.2) is 0 Å². The van der Waals surface area contributed by atoms with E-state index >= 15 is 0 Å². The van der Waals surface area contributed by atoms with E-state index in [4.69, 9.17) is 16.7 Å². The molecule has 7 heteroatoms. The van der Waals surface area contributed by atoms with Crippen molar-refractivity contribution in [2.75, 3.05) is 5.32 Å². The van der Waals surface area contributed by atoms with Crippen molar-refractivity contribution in [2.45, 2.75) is 13.3 Å². The highest BCUT2D eigenvalue weighted by Crippen LogP contribution is 2.19. The van der Waals surface area contributed by atoms with Crippen LogP contribution in [0.3, 0.4) is 0 Å². The normalized spacial score (nSPS) is 10.3. The van der Waals surface area contributed by atoms with E-state index in [-0.39, 0.29) is 17.2 Å². The molecule has 0 aliphatic heterocycles. The maximum Gasteiger partial charge on any atom is 0.347 e. The molecule has 0 bridgehead atoms. The molecule has 1 aromatic carbocycles. The second-order valence-corrected chi connectivity index (χ2v) is 5.58. The van der Waals surface area contributed by atoms with Crippen LogP contribution in [0.4, 0.5) is 5.69 Å². The molecule has 0 saturated heterocycles. The minimum Gasteiger partial charge on any atom is -0.477 e. The van der Waals surface area contributed by atoms with E-state index < -0.39 is 5.97 Å². The van der Waals surface area contributed by atoms with Crippen LogP contribution in [-0.4, -0.2) is 22.0 Å². The van der Waals surface area contributed by atoms with Crippen molar-refractivity contribution in [3.05, 3.63) is 44.9 Å². The van der Waals surface area contributed by atoms with Gasteiger partial charge in [-0.25, -0.2) is 9.78 Å². The number of carbonyl (C=O) groups is 2. The van der Waals surface area contributed by atoms with E-state index in [1.54, 1.807) is 31.2 Å². The Hall–Kier alpha value is -1.92. The number of hydrogen-bond acceptors (Lipinski definition) is 4. The molecule has 1 amide bonds. The van der Waals surface area contributed by atoms with Gasteiger partial charge in [0, 0.05) is 10.7 Å². The zero-order valence-electron chi connectivity index (χ0n) is 10.5. The summed E-state index contributed by atoms with van der Waals surface area (Å²) in [6.07, 6.45) is 0.0431. The number of halogens is 1. The van der Waals surface area contributed by atoms with Gasteiger partial charge in [0.05, 0.1) is 12.1 Å². The number of aromatic nitrogens is 1. The van der Waals surface area contributed by atoms with Crippen LogP contribution in [0.1, 0.15) is 20.4 Å². The van der Waals surface area contributed by atoms with E-state index in [9.17, 15) is 9.59 Å². The van der Waals surface area contributed by atoms with Crippen molar-refractivity contribution < 1.29 is 14.7 Å². The van der Waals surface area contributed by atoms with Crippen LogP contribution in [-0.2, 0) is 11.2 Å². The lowest BCUT2D eigenvalue weighted by molar-refractivity contribution is -0.115. The SMILES string of the molecule is Cc1nc(CC(=O)Nc2ccc(Cl)cc2)sc1C(=O)O. The van der Waals surface area contributed by atoms with Crippen molar-refractivity contribution >= 4 is 40.5 Å². The molecule has 2 rings (SSSR count). The zero-order valence-corrected chi connectivity index (χ0v) is 12.1. The first kappa shape index (κ1) is 14.5. The highest BCUT2D eigenvalue weighted by atomic mass is 35.5. The number of amides is 1. The summed E-state index contributed by atoms with van der Waals surface area (Å²) in [5, 5.41) is 12.7. The monoisotopic (exact) mass is 310 g/mol. The van der Waals surface area contributed by atoms with Gasteiger partial charge in [-0.15, -0.1) is 11.3 Å². The Labute approximate surface area is 124 Å². The average Bonchev–Trinajstić information content (AvgIpc) is 2.73. The van der Waals surface area contributed by atoms with Crippen LogP contribution >= 0.6 is 22.9 Å². The van der Waals surface area contributed by atoms with Crippen molar-refractivity contribution in [1.82, 2.24) is 4.98 Å². The number of carbonyl (C=O) groups excluding carboxylic acids is 1. The number of nitrogens with one attached hydrogen (secondary N) is 1. The van der Waals surface area contributed by atoms with Gasteiger partial charge < -0.3 is 10.4 Å². The van der Waals surface area contributed by atoms with Gasteiger partial charge in [-0.1, -0.05) is 11.6 Å². The van der Waals surface area contributed by atoms with Crippen molar-refractivity contribution in [2.24, 2.45) is 0 Å². The smallest absolute Gasteiger partial charge is 0.347 e. The topological polar surface area (TPSA) is 79.3 Å². The first-order chi connectivity index (χ1) is 9.45. The molecule has 1 heterocycles. The number of aryl methyl sites for hydroxylation is 1. The highest BCUT2D eigenvalue weighted by Gasteiger charge is 2.15. The van der Waals surface area contributed by atoms with Crippen LogP contribution in [0.15, 0.2) is 24.3 Å². The molecular formula is C13H11ClN2O3S. The van der Waals surface area contributed by atoms with Gasteiger partial charge in [-0.05, 0) is 31.2 Å². The molecule has 0 atom stereocenters. The second-order valence-electron chi connectivity index (χ2n) is 4.06. The van der Waals surface area contributed by atoms with Crippen LogP contribution < -0.4 is 5.32 Å². The quantitative estimate of drug-likeness (QED) is 0.910. The fourth-order valence-corrected chi connectivity index (χ4v) is 2.63. The summed E-state index contributed by atoms with van der Waals surface area (Å²) in [4.78, 5) is 27.0. The minimum atomic E-state index is -1.02. The number of anilines is 1. The summed E-state index contributed by atoms with van der Waals surface area (Å²) in [7, 11) is 0. The number of carboxylic acid groups (broad SMARTS) is 1. The maximum atomic E-state index is 11.8. The fourth-order valence-electron chi connectivity index (χ4n) is 1.60. The van der Waals surface area contributed by atoms with Gasteiger partial charge in [-0.3, -0.25) is 4.79 Å². The Kier molecular flexibility index (Phi) is 4.36. The van der Waals surface area contributed by atoms with Gasteiger partial charge in [0.25, 0.3) is 0 Å². The summed E-state index contributed by atoms with van der Waals surface area (Å²) in [5.41, 5.74) is 1.06. The van der Waals surface area contributed by atoms with Gasteiger partial charge in [0.2, 0.25) is 5.91 Å². The standard InChI is InChI=1S/C13H11ClN2O3S/c1-7-12(13(18)19)20-11(15-7)6-10(17)16-9-4-2-8(14)3-5-9/h2-5H,6H2,1H3,(H,16,17)(H,18,19). The van der Waals surface area contributed by atoms with Crippen molar-refractivity contribution in [1.29, 1.82) is 0 Å². The van der Waals surface area contributed by atoms with Crippen molar-refractivity contribution in [3.8, 4) is 0 Å². The number of carboxylic acids is 1. The molecule has 104 valence electrons. The van der Waals surface area contributed by atoms with Gasteiger partial charge in [0.1, 0.15) is 9.88 Å². The van der Waals surface area contributed by atoms with E-state index in [0.717, 1.165) is 11.3 Å². The molecule has 0 aliphatic rings. The molecule has 0 unspecified atom stereocenters. The van der Waals surface area contributed by atoms with Crippen LogP contribution in [0.25, 0.3) is 0 Å². The molecule has 20 heavy (non-hydrogen) atoms. The molecule has 2 aromatic rings. The molecule has 0 radical (unpaired) electrons. The molecule has 0 aliphatic carbocycles. The summed E-state index contributed by atoms with van der Waals surface area (Å²) in [6, 6.07) is 6.73. The first-order valence-corrected chi connectivity index (χ1v) is 6.90. The predicted octanol–water partition coefficient (Wildman–Crippen LogP) is 2.98. The van der Waals surface area contributed by atoms with E-state index in [0.29, 0.717) is 21.4 Å². The Morgan fingerprint density at radius 3 is 2.55 bits per heavy atom. The van der Waals surface area contributed by atoms with Crippen LogP contribution in [0.5, 0.6) is 0 Å². The zero-order chi connectivity index (χ0) is 14.7. The molecule has 0 fully saturated rings. The first-order valence-electron chi connectivity index (χ1n) is 5.70. The van der Waals surface area contributed by atoms with E-state index in [1.165, 1.54) is 0 Å². The van der Waals surface area contributed by atoms with Gasteiger partial charge in [-0.2, -0.15) is 0 Å². The number of aromatic carboxylic acids is 1. The summed E-state index contributed by atoms with van der Waals surface area (Å²) in [5.74, 6) is -1.28. The lowest BCUT2D eigenvalue weighted by Crippen LogP contribution is -2.14. The number of rotatable bonds is 4. The highest BCUT2D eigenvalue weighted by molar-refractivity contribution is 7.13. The maximum absolute atomic E-state index is 11.8. The van der Waals surface area contributed by atoms with E-state index in [2.05, 4.69) is 10.3 Å². The Morgan fingerprint density at radius 2 is 2.00 bits per heavy atom. The number of thiazole rings is 1. The lowest BCUT2D eigenvalue weighted by Gasteiger charge is -2.03. The Balaban J connectivity index is 2.03. The molecule has 5 nitrogen and oxygen atoms in total. The molecular weight excluding hydrogens is 300 g/mol. The van der Waals surface area contributed by atoms with Gasteiger partial charge >= 0.3 is 5.97 Å². The second kappa shape index (κ2) is 6.02. The lowest BCUT2D eigenvalue weighted by atomic mass is 10.3. The van der Waals surface area contributed by atoms with Crippen molar-refractivity contribution in [3.63, 3.8) is 0 Å². The fraction of sp³-hybridized carbons (Fsp3) is 0.154. The third kappa shape index (κ3) is 3.55. The summed E-state index contributed by atoms with van der Waals surface area (Å²) >= 11 is 6.77. The molecule has 1 aromatic heterocycles. The largest absolute Gasteiger partial charge is 0.477 e. The number of hydrogen-bond donors (Lipinski definition) is 2. The molecule has 0 spiro atoms. The minimum absolute atomic E-state index is 0.0431. The van der Waals surface area contributed by atoms with Crippen LogP contribution in [0.2, 0.25) is 5.02 Å². The number of benzene rings is 1. The third-order valence-corrected chi connectivity index (χ3v) is 3.87. The predicted molar refractivity (Wildman–Crippen MR) is 77.6 cm³/mol. The van der Waals surface area contributed by atoms with E-state index in [1.807, 2.05) is 0 Å². The summed E-state index contributed by atoms with van der Waals surface area (Å²) < 4.78 is 0. The number of nitrogens with zero attached hydrogens (tertiary/aromatic N) is 1. The Morgan fingerprint density at radius 1 is 1.35 bits per heavy atom. The molecule has 2 N–H and O–H groups in total.